The summed E-state index contributed by atoms with van der Waals surface area (Å²) in [6, 6.07) is 5.06. The van der Waals surface area contributed by atoms with Crippen LogP contribution in [0.15, 0.2) is 18.2 Å². The minimum Gasteiger partial charge on any atom is -0.205 e. The highest BCUT2D eigenvalue weighted by atomic mass is 19.3. The van der Waals surface area contributed by atoms with Crippen molar-refractivity contribution in [1.82, 2.24) is 0 Å². The van der Waals surface area contributed by atoms with Gasteiger partial charge in [-0.3, -0.25) is 0 Å². The Bertz CT molecular complexity index is 267. The number of benzene rings is 1. The van der Waals surface area contributed by atoms with Crippen LogP contribution in [0.3, 0.4) is 0 Å². The minimum atomic E-state index is -2.35. The zero-order valence-corrected chi connectivity index (χ0v) is 7.27. The van der Waals surface area contributed by atoms with E-state index in [0.717, 1.165) is 17.5 Å². The van der Waals surface area contributed by atoms with E-state index in [1.807, 2.05) is 13.0 Å². The summed E-state index contributed by atoms with van der Waals surface area (Å²) in [6.45, 7) is 3.72. The van der Waals surface area contributed by atoms with Gasteiger partial charge in [0.1, 0.15) is 0 Å². The van der Waals surface area contributed by atoms with Gasteiger partial charge in [0, 0.05) is 5.56 Å². The molecule has 0 aliphatic carbocycles. The van der Waals surface area contributed by atoms with E-state index in [0.29, 0.717) is 0 Å². The Morgan fingerprint density at radius 3 is 2.50 bits per heavy atom. The Morgan fingerprint density at radius 1 is 1.33 bits per heavy atom. The highest BCUT2D eigenvalue weighted by molar-refractivity contribution is 5.34. The van der Waals surface area contributed by atoms with Gasteiger partial charge in [0.05, 0.1) is 0 Å². The smallest absolute Gasteiger partial charge is 0.205 e. The molecule has 0 N–H and O–H groups in total. The standard InChI is InChI=1S/C10H12F2/c1-3-8-5-4-6-9(7(8)2)10(11)12/h4-6,10H,3H2,1-2H3. The highest BCUT2D eigenvalue weighted by Crippen LogP contribution is 2.24. The van der Waals surface area contributed by atoms with Gasteiger partial charge in [-0.15, -0.1) is 0 Å². The van der Waals surface area contributed by atoms with E-state index in [2.05, 4.69) is 0 Å². The Kier molecular flexibility index (Phi) is 2.79. The molecule has 0 aliphatic heterocycles. The summed E-state index contributed by atoms with van der Waals surface area (Å²) in [5.74, 6) is 0. The first-order chi connectivity index (χ1) is 5.66. The maximum Gasteiger partial charge on any atom is 0.264 e. The van der Waals surface area contributed by atoms with E-state index in [-0.39, 0.29) is 5.56 Å². The van der Waals surface area contributed by atoms with E-state index in [1.165, 1.54) is 6.07 Å². The van der Waals surface area contributed by atoms with Crippen molar-refractivity contribution in [2.24, 2.45) is 0 Å². The first kappa shape index (κ1) is 9.17. The average Bonchev–Trinajstić information content (AvgIpc) is 2.04. The molecule has 66 valence electrons. The summed E-state index contributed by atoms with van der Waals surface area (Å²) in [4.78, 5) is 0. The first-order valence-electron chi connectivity index (χ1n) is 4.03. The van der Waals surface area contributed by atoms with Gasteiger partial charge in [-0.1, -0.05) is 25.1 Å². The van der Waals surface area contributed by atoms with Crippen LogP contribution >= 0.6 is 0 Å². The molecule has 0 nitrogen and oxygen atoms in total. The molecule has 0 saturated heterocycles. The van der Waals surface area contributed by atoms with Crippen LogP contribution in [0.5, 0.6) is 0 Å². The fraction of sp³-hybridized carbons (Fsp3) is 0.400. The largest absolute Gasteiger partial charge is 0.264 e. The van der Waals surface area contributed by atoms with E-state index in [4.69, 9.17) is 0 Å². The lowest BCUT2D eigenvalue weighted by Gasteiger charge is -2.08. The van der Waals surface area contributed by atoms with Gasteiger partial charge in [-0.2, -0.15) is 0 Å². The fourth-order valence-electron chi connectivity index (χ4n) is 1.32. The normalized spacial score (nSPS) is 10.8. The van der Waals surface area contributed by atoms with Gasteiger partial charge >= 0.3 is 0 Å². The van der Waals surface area contributed by atoms with E-state index in [1.54, 1.807) is 13.0 Å². The van der Waals surface area contributed by atoms with Crippen molar-refractivity contribution in [2.75, 3.05) is 0 Å². The second-order valence-electron chi connectivity index (χ2n) is 2.79. The van der Waals surface area contributed by atoms with Crippen LogP contribution in [0.1, 0.15) is 30.0 Å². The molecule has 0 amide bonds. The van der Waals surface area contributed by atoms with Gasteiger partial charge in [-0.05, 0) is 24.5 Å². The number of aryl methyl sites for hydroxylation is 1. The summed E-state index contributed by atoms with van der Waals surface area (Å²) in [5, 5.41) is 0. The SMILES string of the molecule is CCc1cccc(C(F)F)c1C. The molecule has 0 spiro atoms. The maximum absolute atomic E-state index is 12.3. The zero-order chi connectivity index (χ0) is 9.14. The predicted octanol–water partition coefficient (Wildman–Crippen LogP) is 3.50. The van der Waals surface area contributed by atoms with Crippen molar-refractivity contribution in [3.05, 3.63) is 34.9 Å². The van der Waals surface area contributed by atoms with Gasteiger partial charge in [0.2, 0.25) is 0 Å². The summed E-state index contributed by atoms with van der Waals surface area (Å²) < 4.78 is 24.7. The number of hydrogen-bond donors (Lipinski definition) is 0. The Balaban J connectivity index is 3.14. The quantitative estimate of drug-likeness (QED) is 0.637. The molecule has 0 fully saturated rings. The lowest BCUT2D eigenvalue weighted by Crippen LogP contribution is -1.94. The third-order valence-electron chi connectivity index (χ3n) is 2.10. The van der Waals surface area contributed by atoms with Crippen LogP contribution < -0.4 is 0 Å². The molecule has 12 heavy (non-hydrogen) atoms. The Hall–Kier alpha value is -0.920. The molecule has 0 bridgehead atoms. The van der Waals surface area contributed by atoms with Crippen LogP contribution in [-0.4, -0.2) is 0 Å². The molecule has 0 aliphatic rings. The molecule has 1 rings (SSSR count). The highest BCUT2D eigenvalue weighted by Gasteiger charge is 2.11. The van der Waals surface area contributed by atoms with Crippen molar-refractivity contribution in [2.45, 2.75) is 26.7 Å². The second kappa shape index (κ2) is 3.65. The molecule has 2 heteroatoms. The number of halogens is 2. The van der Waals surface area contributed by atoms with Gasteiger partial charge < -0.3 is 0 Å². The van der Waals surface area contributed by atoms with Crippen molar-refractivity contribution in [3.8, 4) is 0 Å². The van der Waals surface area contributed by atoms with E-state index < -0.39 is 6.43 Å². The molecule has 1 aromatic rings. The maximum atomic E-state index is 12.3. The number of hydrogen-bond acceptors (Lipinski definition) is 0. The van der Waals surface area contributed by atoms with Gasteiger partial charge in [0.15, 0.2) is 0 Å². The number of rotatable bonds is 2. The minimum absolute atomic E-state index is 0.161. The fourth-order valence-corrected chi connectivity index (χ4v) is 1.32. The predicted molar refractivity (Wildman–Crippen MR) is 45.5 cm³/mol. The Morgan fingerprint density at radius 2 is 2.00 bits per heavy atom. The Labute approximate surface area is 71.2 Å². The van der Waals surface area contributed by atoms with Crippen LogP contribution in [0.2, 0.25) is 0 Å². The van der Waals surface area contributed by atoms with Crippen molar-refractivity contribution in [3.63, 3.8) is 0 Å². The van der Waals surface area contributed by atoms with Crippen LogP contribution in [0, 0.1) is 6.92 Å². The molecule has 0 unspecified atom stereocenters. The molecular formula is C10H12F2. The van der Waals surface area contributed by atoms with Crippen LogP contribution in [0.25, 0.3) is 0 Å². The lowest BCUT2D eigenvalue weighted by molar-refractivity contribution is 0.150. The topological polar surface area (TPSA) is 0 Å². The van der Waals surface area contributed by atoms with Crippen LogP contribution in [0.4, 0.5) is 8.78 Å². The third-order valence-corrected chi connectivity index (χ3v) is 2.10. The third kappa shape index (κ3) is 1.63. The molecule has 0 saturated carbocycles. The summed E-state index contributed by atoms with van der Waals surface area (Å²) in [5.41, 5.74) is 1.90. The van der Waals surface area contributed by atoms with Crippen LogP contribution in [-0.2, 0) is 6.42 Å². The summed E-state index contributed by atoms with van der Waals surface area (Å²) in [7, 11) is 0. The summed E-state index contributed by atoms with van der Waals surface area (Å²) in [6.07, 6.45) is -1.54. The van der Waals surface area contributed by atoms with Gasteiger partial charge in [-0.25, -0.2) is 8.78 Å². The molecule has 1 aromatic carbocycles. The monoisotopic (exact) mass is 170 g/mol. The molecule has 0 heterocycles. The average molecular weight is 170 g/mol. The van der Waals surface area contributed by atoms with Crippen molar-refractivity contribution in [1.29, 1.82) is 0 Å². The molecule has 0 aromatic heterocycles. The van der Waals surface area contributed by atoms with E-state index in [9.17, 15) is 8.78 Å². The van der Waals surface area contributed by atoms with Crippen molar-refractivity contribution >= 4 is 0 Å². The van der Waals surface area contributed by atoms with Gasteiger partial charge in [0.25, 0.3) is 6.43 Å². The molecule has 0 radical (unpaired) electrons. The van der Waals surface area contributed by atoms with E-state index >= 15 is 0 Å². The first-order valence-corrected chi connectivity index (χ1v) is 4.03. The summed E-state index contributed by atoms with van der Waals surface area (Å²) >= 11 is 0. The zero-order valence-electron chi connectivity index (χ0n) is 7.27. The van der Waals surface area contributed by atoms with Crippen molar-refractivity contribution < 1.29 is 8.78 Å². The number of alkyl halides is 2. The molecular weight excluding hydrogens is 158 g/mol. The second-order valence-corrected chi connectivity index (χ2v) is 2.79. The molecule has 0 atom stereocenters. The lowest BCUT2D eigenvalue weighted by atomic mass is 10.0.